The molecular weight excluding hydrogens is 280 g/mol. The Morgan fingerprint density at radius 3 is 2.32 bits per heavy atom. The minimum Gasteiger partial charge on any atom is -0.465 e. The average Bonchev–Trinajstić information content (AvgIpc) is 2.50. The number of hydrogen-bond acceptors (Lipinski definition) is 5. The van der Waals surface area contributed by atoms with Crippen LogP contribution in [-0.2, 0) is 14.3 Å². The molecule has 1 atom stereocenters. The summed E-state index contributed by atoms with van der Waals surface area (Å²) in [6.45, 7) is 3.39. The van der Waals surface area contributed by atoms with Crippen LogP contribution in [0.3, 0.4) is 0 Å². The molecule has 0 saturated carbocycles. The van der Waals surface area contributed by atoms with E-state index in [1.807, 2.05) is 55.1 Å². The van der Waals surface area contributed by atoms with Gasteiger partial charge in [0.1, 0.15) is 11.8 Å². The molecule has 0 aromatic heterocycles. The number of ether oxygens (including phenoxy) is 1. The molecule has 0 aliphatic carbocycles. The van der Waals surface area contributed by atoms with E-state index in [0.29, 0.717) is 32.5 Å². The fourth-order valence-corrected chi connectivity index (χ4v) is 2.70. The van der Waals surface area contributed by atoms with Crippen molar-refractivity contribution in [1.29, 1.82) is 0 Å². The van der Waals surface area contributed by atoms with E-state index in [1.165, 1.54) is 0 Å². The summed E-state index contributed by atoms with van der Waals surface area (Å²) in [5.74, 6) is 0.0243. The van der Waals surface area contributed by atoms with Crippen LogP contribution in [0, 0.1) is 0 Å². The monoisotopic (exact) mass is 304 g/mol. The lowest BCUT2D eigenvalue weighted by Crippen LogP contribution is -2.41. The van der Waals surface area contributed by atoms with Crippen LogP contribution in [0.5, 0.6) is 0 Å². The molecule has 5 heteroatoms. The molecule has 1 saturated heterocycles. The van der Waals surface area contributed by atoms with E-state index >= 15 is 0 Å². The molecule has 0 bridgehead atoms. The van der Waals surface area contributed by atoms with Crippen LogP contribution in [0.25, 0.3) is 0 Å². The van der Waals surface area contributed by atoms with Crippen molar-refractivity contribution in [2.75, 3.05) is 38.7 Å². The van der Waals surface area contributed by atoms with Crippen LogP contribution in [0.1, 0.15) is 31.4 Å². The Morgan fingerprint density at radius 2 is 1.82 bits per heavy atom. The van der Waals surface area contributed by atoms with Gasteiger partial charge in [-0.2, -0.15) is 0 Å². The molecule has 1 aromatic rings. The first-order valence-corrected chi connectivity index (χ1v) is 7.72. The minimum atomic E-state index is -0.427. The topological polar surface area (TPSA) is 49.9 Å². The molecule has 22 heavy (non-hydrogen) atoms. The Hall–Kier alpha value is -1.88. The number of esters is 1. The third-order valence-corrected chi connectivity index (χ3v) is 3.96. The van der Waals surface area contributed by atoms with Gasteiger partial charge in [-0.1, -0.05) is 12.1 Å². The second-order valence-electron chi connectivity index (χ2n) is 5.72. The predicted molar refractivity (Wildman–Crippen MR) is 86.0 cm³/mol. The second-order valence-corrected chi connectivity index (χ2v) is 5.72. The molecule has 1 aliphatic heterocycles. The molecule has 0 N–H and O–H groups in total. The first-order valence-electron chi connectivity index (χ1n) is 7.72. The summed E-state index contributed by atoms with van der Waals surface area (Å²) in [6.07, 6.45) is 1.01. The molecule has 1 fully saturated rings. The van der Waals surface area contributed by atoms with Crippen molar-refractivity contribution in [2.45, 2.75) is 25.8 Å². The third-order valence-electron chi connectivity index (χ3n) is 3.96. The lowest BCUT2D eigenvalue weighted by Gasteiger charge is -2.32. The number of likely N-dealkylation sites (tertiary alicyclic amines) is 1. The van der Waals surface area contributed by atoms with E-state index in [4.69, 9.17) is 4.74 Å². The zero-order valence-corrected chi connectivity index (χ0v) is 13.5. The molecular formula is C17H24N2O3. The van der Waals surface area contributed by atoms with Gasteiger partial charge in [0.05, 0.1) is 6.61 Å². The maximum Gasteiger partial charge on any atom is 0.327 e. The number of carbonyl (C=O) groups excluding carboxylic acids is 2. The number of benzene rings is 1. The SMILES string of the molecule is CCOC(=O)C(c1ccc(N(C)C)cc1)N1CCC(=O)CC1. The number of piperidine rings is 1. The van der Waals surface area contributed by atoms with E-state index < -0.39 is 6.04 Å². The fraction of sp³-hybridized carbons (Fsp3) is 0.529. The first-order chi connectivity index (χ1) is 10.5. The van der Waals surface area contributed by atoms with Crippen molar-refractivity contribution in [2.24, 2.45) is 0 Å². The van der Waals surface area contributed by atoms with Crippen LogP contribution in [-0.4, -0.2) is 50.4 Å². The van der Waals surface area contributed by atoms with E-state index in [0.717, 1.165) is 11.3 Å². The minimum absolute atomic E-state index is 0.241. The average molecular weight is 304 g/mol. The Kier molecular flexibility index (Phi) is 5.55. The molecule has 1 aromatic carbocycles. The number of rotatable bonds is 5. The van der Waals surface area contributed by atoms with Crippen molar-refractivity contribution < 1.29 is 14.3 Å². The Morgan fingerprint density at radius 1 is 1.23 bits per heavy atom. The molecule has 0 amide bonds. The van der Waals surface area contributed by atoms with Gasteiger partial charge in [0, 0.05) is 45.7 Å². The summed E-state index contributed by atoms with van der Waals surface area (Å²) in [5, 5.41) is 0. The highest BCUT2D eigenvalue weighted by Crippen LogP contribution is 2.27. The molecule has 1 unspecified atom stereocenters. The van der Waals surface area contributed by atoms with Gasteiger partial charge in [0.2, 0.25) is 0 Å². The zero-order chi connectivity index (χ0) is 16.1. The summed E-state index contributed by atoms with van der Waals surface area (Å²) in [5.41, 5.74) is 2.00. The quantitative estimate of drug-likeness (QED) is 0.779. The van der Waals surface area contributed by atoms with Gasteiger partial charge >= 0.3 is 5.97 Å². The van der Waals surface area contributed by atoms with Crippen LogP contribution < -0.4 is 4.90 Å². The number of hydrogen-bond donors (Lipinski definition) is 0. The normalized spacial score (nSPS) is 17.1. The van der Waals surface area contributed by atoms with Crippen LogP contribution in [0.15, 0.2) is 24.3 Å². The van der Waals surface area contributed by atoms with E-state index in [-0.39, 0.29) is 11.8 Å². The van der Waals surface area contributed by atoms with Crippen molar-refractivity contribution in [3.63, 3.8) is 0 Å². The van der Waals surface area contributed by atoms with Crippen LogP contribution in [0.4, 0.5) is 5.69 Å². The van der Waals surface area contributed by atoms with Gasteiger partial charge in [0.15, 0.2) is 0 Å². The van der Waals surface area contributed by atoms with Gasteiger partial charge in [0.25, 0.3) is 0 Å². The lowest BCUT2D eigenvalue weighted by molar-refractivity contribution is -0.151. The third kappa shape index (κ3) is 3.85. The summed E-state index contributed by atoms with van der Waals surface area (Å²) in [6, 6.07) is 7.50. The second kappa shape index (κ2) is 7.40. The van der Waals surface area contributed by atoms with Gasteiger partial charge in [-0.05, 0) is 24.6 Å². The van der Waals surface area contributed by atoms with Gasteiger partial charge in [-0.25, -0.2) is 4.79 Å². The molecule has 0 radical (unpaired) electrons. The Labute approximate surface area is 131 Å². The molecule has 0 spiro atoms. The standard InChI is InChI=1S/C17H24N2O3/c1-4-22-17(21)16(19-11-9-15(20)10-12-19)13-5-7-14(8-6-13)18(2)3/h5-8,16H,4,9-12H2,1-3H3. The zero-order valence-electron chi connectivity index (χ0n) is 13.5. The molecule has 5 nitrogen and oxygen atoms in total. The summed E-state index contributed by atoms with van der Waals surface area (Å²) in [4.78, 5) is 27.9. The lowest BCUT2D eigenvalue weighted by atomic mass is 10.0. The summed E-state index contributed by atoms with van der Waals surface area (Å²) in [7, 11) is 3.96. The maximum atomic E-state index is 12.4. The maximum absolute atomic E-state index is 12.4. The number of anilines is 1. The fourth-order valence-electron chi connectivity index (χ4n) is 2.70. The number of Topliss-reactive ketones (excluding diaryl/α,β-unsaturated/α-hetero) is 1. The van der Waals surface area contributed by atoms with Crippen molar-refractivity contribution in [3.05, 3.63) is 29.8 Å². The number of carbonyl (C=O) groups is 2. The van der Waals surface area contributed by atoms with Crippen molar-refractivity contribution in [3.8, 4) is 0 Å². The number of ketones is 1. The van der Waals surface area contributed by atoms with Crippen molar-refractivity contribution in [1.82, 2.24) is 4.90 Å². The van der Waals surface area contributed by atoms with Gasteiger partial charge < -0.3 is 9.64 Å². The molecule has 1 heterocycles. The highest BCUT2D eigenvalue weighted by Gasteiger charge is 2.31. The highest BCUT2D eigenvalue weighted by atomic mass is 16.5. The van der Waals surface area contributed by atoms with Crippen LogP contribution >= 0.6 is 0 Å². The van der Waals surface area contributed by atoms with E-state index in [2.05, 4.69) is 0 Å². The van der Waals surface area contributed by atoms with E-state index in [1.54, 1.807) is 0 Å². The number of nitrogens with zero attached hydrogens (tertiary/aromatic N) is 2. The molecule has 120 valence electrons. The first kappa shape index (κ1) is 16.5. The summed E-state index contributed by atoms with van der Waals surface area (Å²) >= 11 is 0. The molecule has 2 rings (SSSR count). The smallest absolute Gasteiger partial charge is 0.327 e. The highest BCUT2D eigenvalue weighted by molar-refractivity contribution is 5.81. The predicted octanol–water partition coefficient (Wildman–Crippen LogP) is 2.02. The van der Waals surface area contributed by atoms with Gasteiger partial charge in [-0.3, -0.25) is 9.69 Å². The van der Waals surface area contributed by atoms with Crippen molar-refractivity contribution >= 4 is 17.4 Å². The summed E-state index contributed by atoms with van der Waals surface area (Å²) < 4.78 is 5.24. The van der Waals surface area contributed by atoms with Crippen LogP contribution in [0.2, 0.25) is 0 Å². The van der Waals surface area contributed by atoms with E-state index in [9.17, 15) is 9.59 Å². The molecule has 1 aliphatic rings. The largest absolute Gasteiger partial charge is 0.465 e. The Bertz CT molecular complexity index is 515. The van der Waals surface area contributed by atoms with Gasteiger partial charge in [-0.15, -0.1) is 0 Å². The Balaban J connectivity index is 2.23.